The van der Waals surface area contributed by atoms with E-state index >= 15 is 0 Å². The lowest BCUT2D eigenvalue weighted by Gasteiger charge is -2.11. The minimum absolute atomic E-state index is 0.199. The second-order valence-corrected chi connectivity index (χ2v) is 3.14. The van der Waals surface area contributed by atoms with Crippen LogP contribution < -0.4 is 16.7 Å². The zero-order valence-electron chi connectivity index (χ0n) is 8.42. The predicted octanol–water partition coefficient (Wildman–Crippen LogP) is -0.631. The van der Waals surface area contributed by atoms with Crippen LogP contribution in [0.3, 0.4) is 0 Å². The molecule has 0 fully saturated rings. The number of amides is 1. The highest BCUT2D eigenvalue weighted by molar-refractivity contribution is 5.81. The fourth-order valence-electron chi connectivity index (χ4n) is 1.27. The van der Waals surface area contributed by atoms with Crippen LogP contribution in [0.1, 0.15) is 5.56 Å². The zero-order valence-corrected chi connectivity index (χ0v) is 8.42. The highest BCUT2D eigenvalue weighted by Crippen LogP contribution is 2.03. The third-order valence-corrected chi connectivity index (χ3v) is 2.00. The van der Waals surface area contributed by atoms with Gasteiger partial charge in [0.15, 0.2) is 11.1 Å². The van der Waals surface area contributed by atoms with E-state index < -0.39 is 17.0 Å². The minimum Gasteiger partial charge on any atom is -0.292 e. The minimum atomic E-state index is -0.984. The smallest absolute Gasteiger partial charge is 0.262 e. The summed E-state index contributed by atoms with van der Waals surface area (Å²) in [5, 5.41) is 9.53. The third-order valence-electron chi connectivity index (χ3n) is 2.00. The molecule has 86 valence electrons. The van der Waals surface area contributed by atoms with Gasteiger partial charge in [-0.15, -0.1) is 5.43 Å². The first kappa shape index (κ1) is 11.9. The molecule has 0 spiro atoms. The van der Waals surface area contributed by atoms with Gasteiger partial charge in [-0.25, -0.2) is 16.0 Å². The monoisotopic (exact) mass is 224 g/mol. The number of nitrogens with one attached hydrogen (secondary N) is 2. The molecule has 0 unspecified atom stereocenters. The van der Waals surface area contributed by atoms with Gasteiger partial charge < -0.3 is 0 Å². The Balaban J connectivity index is 2.70. The maximum absolute atomic E-state index is 11.2. The van der Waals surface area contributed by atoms with Crippen molar-refractivity contribution in [1.82, 2.24) is 10.9 Å². The Kier molecular flexibility index (Phi) is 4.22. The van der Waals surface area contributed by atoms with Gasteiger partial charge in [-0.3, -0.25) is 10.2 Å². The van der Waals surface area contributed by atoms with Crippen LogP contribution in [0.5, 0.6) is 0 Å². The number of nitro groups is 1. The van der Waals surface area contributed by atoms with Gasteiger partial charge in [-0.2, -0.15) is 0 Å². The molecular formula is C9H12N4O3. The Labute approximate surface area is 91.7 Å². The standard InChI is InChI=1S/C9H12N4O3/c10-11-9(14)8(12-13(15)16)6-7-4-2-1-3-5-7/h1-5,8,12H,6,10H2,(H,11,14)/t8-/m0/s1. The maximum atomic E-state index is 11.2. The predicted molar refractivity (Wildman–Crippen MR) is 56.4 cm³/mol. The topological polar surface area (TPSA) is 110 Å². The van der Waals surface area contributed by atoms with Crippen molar-refractivity contribution < 1.29 is 9.83 Å². The average molecular weight is 224 g/mol. The number of hydrogen-bond donors (Lipinski definition) is 3. The fraction of sp³-hybridized carbons (Fsp3) is 0.222. The SMILES string of the molecule is NNC(=O)[C@H](Cc1ccccc1)N[N+](=O)[O-]. The molecule has 1 amide bonds. The molecule has 0 heterocycles. The van der Waals surface area contributed by atoms with E-state index in [2.05, 4.69) is 0 Å². The zero-order chi connectivity index (χ0) is 12.0. The molecule has 1 aromatic carbocycles. The molecular weight excluding hydrogens is 212 g/mol. The van der Waals surface area contributed by atoms with E-state index in [9.17, 15) is 14.9 Å². The lowest BCUT2D eigenvalue weighted by molar-refractivity contribution is -0.548. The first-order valence-electron chi connectivity index (χ1n) is 4.58. The molecule has 0 saturated carbocycles. The average Bonchev–Trinajstić information content (AvgIpc) is 2.28. The van der Waals surface area contributed by atoms with Crippen LogP contribution in [0, 0.1) is 10.1 Å². The van der Waals surface area contributed by atoms with E-state index in [1.807, 2.05) is 16.9 Å². The summed E-state index contributed by atoms with van der Waals surface area (Å²) in [5.41, 5.74) is 4.60. The molecule has 16 heavy (non-hydrogen) atoms. The van der Waals surface area contributed by atoms with E-state index in [-0.39, 0.29) is 6.42 Å². The number of rotatable bonds is 5. The molecule has 1 rings (SSSR count). The van der Waals surface area contributed by atoms with Crippen molar-refractivity contribution in [2.75, 3.05) is 0 Å². The Morgan fingerprint density at radius 3 is 2.56 bits per heavy atom. The van der Waals surface area contributed by atoms with Crippen LogP contribution in [0.25, 0.3) is 0 Å². The molecule has 0 aromatic heterocycles. The number of carbonyl (C=O) groups excluding carboxylic acids is 1. The summed E-state index contributed by atoms with van der Waals surface area (Å²) in [6, 6.07) is 7.97. The highest BCUT2D eigenvalue weighted by atomic mass is 16.7. The van der Waals surface area contributed by atoms with Crippen LogP contribution in [-0.4, -0.2) is 17.0 Å². The molecule has 0 saturated heterocycles. The summed E-state index contributed by atoms with van der Waals surface area (Å²) in [4.78, 5) is 21.5. The van der Waals surface area contributed by atoms with Crippen LogP contribution >= 0.6 is 0 Å². The first-order chi connectivity index (χ1) is 7.63. The van der Waals surface area contributed by atoms with E-state index in [1.165, 1.54) is 0 Å². The molecule has 1 aromatic rings. The summed E-state index contributed by atoms with van der Waals surface area (Å²) in [6.07, 6.45) is 0.199. The van der Waals surface area contributed by atoms with Gasteiger partial charge in [0.05, 0.1) is 0 Å². The van der Waals surface area contributed by atoms with Crippen molar-refractivity contribution >= 4 is 5.91 Å². The summed E-state index contributed by atoms with van der Waals surface area (Å²) in [7, 11) is 0. The van der Waals surface area contributed by atoms with E-state index in [0.29, 0.717) is 0 Å². The highest BCUT2D eigenvalue weighted by Gasteiger charge is 2.22. The molecule has 0 aliphatic heterocycles. The lowest BCUT2D eigenvalue weighted by Crippen LogP contribution is -2.49. The number of carbonyl (C=O) groups is 1. The van der Waals surface area contributed by atoms with Crippen LogP contribution in [0.2, 0.25) is 0 Å². The number of benzene rings is 1. The molecule has 4 N–H and O–H groups in total. The largest absolute Gasteiger partial charge is 0.292 e. The van der Waals surface area contributed by atoms with Crippen LogP contribution in [0.15, 0.2) is 30.3 Å². The fourth-order valence-corrected chi connectivity index (χ4v) is 1.27. The Bertz CT molecular complexity index is 368. The Hall–Kier alpha value is -2.15. The molecule has 0 radical (unpaired) electrons. The van der Waals surface area contributed by atoms with Crippen LogP contribution in [0.4, 0.5) is 0 Å². The second kappa shape index (κ2) is 5.66. The van der Waals surface area contributed by atoms with Gasteiger partial charge in [0, 0.05) is 6.42 Å². The molecule has 1 atom stereocenters. The lowest BCUT2D eigenvalue weighted by atomic mass is 10.1. The first-order valence-corrected chi connectivity index (χ1v) is 4.58. The summed E-state index contributed by atoms with van der Waals surface area (Å²) in [5.74, 6) is 4.32. The second-order valence-electron chi connectivity index (χ2n) is 3.14. The summed E-state index contributed by atoms with van der Waals surface area (Å²) < 4.78 is 0. The molecule has 7 nitrogen and oxygen atoms in total. The summed E-state index contributed by atoms with van der Waals surface area (Å²) in [6.45, 7) is 0. The number of hydrazine groups is 2. The van der Waals surface area contributed by atoms with E-state index in [4.69, 9.17) is 5.84 Å². The van der Waals surface area contributed by atoms with E-state index in [1.54, 1.807) is 24.3 Å². The van der Waals surface area contributed by atoms with Crippen molar-refractivity contribution in [2.24, 2.45) is 5.84 Å². The van der Waals surface area contributed by atoms with E-state index in [0.717, 1.165) is 5.56 Å². The van der Waals surface area contributed by atoms with Crippen molar-refractivity contribution in [1.29, 1.82) is 0 Å². The van der Waals surface area contributed by atoms with Gasteiger partial charge >= 0.3 is 0 Å². The molecule has 7 heteroatoms. The van der Waals surface area contributed by atoms with Gasteiger partial charge in [0.1, 0.15) is 0 Å². The molecule has 0 aliphatic rings. The number of hydrogen-bond acceptors (Lipinski definition) is 4. The van der Waals surface area contributed by atoms with Gasteiger partial charge in [-0.05, 0) is 5.56 Å². The quantitative estimate of drug-likeness (QED) is 0.267. The maximum Gasteiger partial charge on any atom is 0.262 e. The Morgan fingerprint density at radius 1 is 1.44 bits per heavy atom. The van der Waals surface area contributed by atoms with Gasteiger partial charge in [0.2, 0.25) is 0 Å². The van der Waals surface area contributed by atoms with Gasteiger partial charge in [0.25, 0.3) is 5.91 Å². The van der Waals surface area contributed by atoms with Gasteiger partial charge in [-0.1, -0.05) is 30.3 Å². The summed E-state index contributed by atoms with van der Waals surface area (Å²) >= 11 is 0. The van der Waals surface area contributed by atoms with Crippen molar-refractivity contribution in [3.63, 3.8) is 0 Å². The van der Waals surface area contributed by atoms with Crippen LogP contribution in [-0.2, 0) is 11.2 Å². The normalized spacial score (nSPS) is 11.6. The molecule has 0 bridgehead atoms. The number of nitrogens with two attached hydrogens (primary N) is 1. The Morgan fingerprint density at radius 2 is 2.06 bits per heavy atom. The van der Waals surface area contributed by atoms with Crippen molar-refractivity contribution in [3.05, 3.63) is 46.0 Å². The van der Waals surface area contributed by atoms with Crippen molar-refractivity contribution in [3.8, 4) is 0 Å². The third kappa shape index (κ3) is 3.54. The number of nitrogens with zero attached hydrogens (tertiary/aromatic N) is 1. The van der Waals surface area contributed by atoms with Crippen molar-refractivity contribution in [2.45, 2.75) is 12.5 Å². The molecule has 0 aliphatic carbocycles.